The van der Waals surface area contributed by atoms with Gasteiger partial charge in [0.2, 0.25) is 0 Å². The molecule has 0 aliphatic heterocycles. The van der Waals surface area contributed by atoms with Crippen molar-refractivity contribution in [1.82, 2.24) is 15.1 Å². The van der Waals surface area contributed by atoms with Crippen LogP contribution in [0.2, 0.25) is 0 Å². The number of nitrogens with one attached hydrogen (secondary N) is 1. The van der Waals surface area contributed by atoms with Crippen LogP contribution in [0.3, 0.4) is 0 Å². The molecule has 1 aromatic rings. The van der Waals surface area contributed by atoms with Crippen molar-refractivity contribution in [1.29, 1.82) is 0 Å². The predicted molar refractivity (Wildman–Crippen MR) is 75.5 cm³/mol. The average Bonchev–Trinajstić information content (AvgIpc) is 3.14. The van der Waals surface area contributed by atoms with Crippen LogP contribution < -0.4 is 5.32 Å². The molecule has 1 aromatic heterocycles. The third-order valence-corrected chi connectivity index (χ3v) is 5.03. The standard InChI is InChI=1S/C15H21N3O3/c1-8-6-11(17-18(8)2)14(19)16-13-10-5-4-9(7-10)12(13)15(20)21-3/h6,9-10,12-13H,4-5,7H2,1-3H3,(H,16,19). The highest BCUT2D eigenvalue weighted by Gasteiger charge is 2.52. The summed E-state index contributed by atoms with van der Waals surface area (Å²) >= 11 is 0. The first-order valence-corrected chi connectivity index (χ1v) is 7.40. The second-order valence-corrected chi connectivity index (χ2v) is 6.18. The summed E-state index contributed by atoms with van der Waals surface area (Å²) in [6, 6.07) is 1.64. The summed E-state index contributed by atoms with van der Waals surface area (Å²) in [4.78, 5) is 24.4. The molecule has 2 saturated carbocycles. The molecule has 0 aromatic carbocycles. The summed E-state index contributed by atoms with van der Waals surface area (Å²) in [7, 11) is 3.22. The van der Waals surface area contributed by atoms with Crippen molar-refractivity contribution >= 4 is 11.9 Å². The SMILES string of the molecule is COC(=O)C1C2CCC(C2)C1NC(=O)c1cc(C)n(C)n1. The van der Waals surface area contributed by atoms with E-state index in [1.807, 2.05) is 6.92 Å². The van der Waals surface area contributed by atoms with E-state index in [1.165, 1.54) is 7.11 Å². The number of amides is 1. The monoisotopic (exact) mass is 291 g/mol. The fourth-order valence-electron chi connectivity index (χ4n) is 3.87. The minimum atomic E-state index is -0.206. The number of hydrogen-bond donors (Lipinski definition) is 1. The number of carbonyl (C=O) groups excluding carboxylic acids is 2. The van der Waals surface area contributed by atoms with Crippen LogP contribution in [0.5, 0.6) is 0 Å². The largest absolute Gasteiger partial charge is 0.469 e. The summed E-state index contributed by atoms with van der Waals surface area (Å²) in [5.74, 6) is 0.114. The molecule has 1 heterocycles. The van der Waals surface area contributed by atoms with E-state index < -0.39 is 0 Å². The van der Waals surface area contributed by atoms with Gasteiger partial charge < -0.3 is 10.1 Å². The third kappa shape index (κ3) is 2.32. The summed E-state index contributed by atoms with van der Waals surface area (Å²) < 4.78 is 6.59. The van der Waals surface area contributed by atoms with Gasteiger partial charge in [-0.1, -0.05) is 0 Å². The molecule has 6 heteroatoms. The van der Waals surface area contributed by atoms with Crippen LogP contribution in [0.15, 0.2) is 6.07 Å². The second-order valence-electron chi connectivity index (χ2n) is 6.18. The van der Waals surface area contributed by atoms with E-state index in [1.54, 1.807) is 17.8 Å². The number of ether oxygens (including phenoxy) is 1. The van der Waals surface area contributed by atoms with Crippen molar-refractivity contribution in [2.75, 3.05) is 7.11 Å². The molecular weight excluding hydrogens is 270 g/mol. The Morgan fingerprint density at radius 2 is 2.10 bits per heavy atom. The smallest absolute Gasteiger partial charge is 0.311 e. The highest BCUT2D eigenvalue weighted by Crippen LogP contribution is 2.48. The molecule has 4 atom stereocenters. The Labute approximate surface area is 123 Å². The van der Waals surface area contributed by atoms with E-state index in [9.17, 15) is 9.59 Å². The van der Waals surface area contributed by atoms with Crippen molar-refractivity contribution in [3.05, 3.63) is 17.5 Å². The predicted octanol–water partition coefficient (Wildman–Crippen LogP) is 1.05. The van der Waals surface area contributed by atoms with Gasteiger partial charge in [-0.15, -0.1) is 0 Å². The van der Waals surface area contributed by atoms with Crippen LogP contribution in [-0.4, -0.2) is 34.8 Å². The maximum absolute atomic E-state index is 12.4. The molecule has 2 fully saturated rings. The van der Waals surface area contributed by atoms with Crippen molar-refractivity contribution in [2.24, 2.45) is 24.8 Å². The summed E-state index contributed by atoms with van der Waals surface area (Å²) in [5, 5.41) is 7.21. The van der Waals surface area contributed by atoms with Crippen molar-refractivity contribution in [3.8, 4) is 0 Å². The molecule has 1 amide bonds. The molecular formula is C15H21N3O3. The molecule has 0 spiro atoms. The maximum Gasteiger partial charge on any atom is 0.311 e. The van der Waals surface area contributed by atoms with Crippen LogP contribution in [0, 0.1) is 24.7 Å². The number of aromatic nitrogens is 2. The highest BCUT2D eigenvalue weighted by molar-refractivity contribution is 5.93. The topological polar surface area (TPSA) is 73.2 Å². The van der Waals surface area contributed by atoms with E-state index >= 15 is 0 Å². The Hall–Kier alpha value is -1.85. The zero-order valence-electron chi connectivity index (χ0n) is 12.6. The van der Waals surface area contributed by atoms with E-state index in [0.717, 1.165) is 25.0 Å². The molecule has 0 radical (unpaired) electrons. The Bertz CT molecular complexity index is 561. The van der Waals surface area contributed by atoms with E-state index in [-0.39, 0.29) is 23.8 Å². The zero-order valence-corrected chi connectivity index (χ0v) is 12.6. The van der Waals surface area contributed by atoms with Crippen LogP contribution >= 0.6 is 0 Å². The molecule has 6 nitrogen and oxygen atoms in total. The van der Waals surface area contributed by atoms with Gasteiger partial charge in [0.15, 0.2) is 0 Å². The van der Waals surface area contributed by atoms with E-state index in [4.69, 9.17) is 4.74 Å². The lowest BCUT2D eigenvalue weighted by Gasteiger charge is -2.29. The lowest BCUT2D eigenvalue weighted by atomic mass is 9.84. The van der Waals surface area contributed by atoms with Gasteiger partial charge in [-0.3, -0.25) is 14.3 Å². The quantitative estimate of drug-likeness (QED) is 0.845. The number of aryl methyl sites for hydroxylation is 2. The van der Waals surface area contributed by atoms with Gasteiger partial charge in [-0.05, 0) is 44.1 Å². The van der Waals surface area contributed by atoms with Crippen LogP contribution in [0.4, 0.5) is 0 Å². The fourth-order valence-corrected chi connectivity index (χ4v) is 3.87. The molecule has 114 valence electrons. The second kappa shape index (κ2) is 5.16. The Morgan fingerprint density at radius 1 is 1.38 bits per heavy atom. The first-order valence-electron chi connectivity index (χ1n) is 7.40. The molecule has 2 aliphatic carbocycles. The third-order valence-electron chi connectivity index (χ3n) is 5.03. The first-order chi connectivity index (χ1) is 10.0. The molecule has 21 heavy (non-hydrogen) atoms. The zero-order chi connectivity index (χ0) is 15.1. The van der Waals surface area contributed by atoms with Crippen LogP contribution in [-0.2, 0) is 16.6 Å². The number of nitrogens with zero attached hydrogens (tertiary/aromatic N) is 2. The molecule has 2 bridgehead atoms. The fraction of sp³-hybridized carbons (Fsp3) is 0.667. The lowest BCUT2D eigenvalue weighted by Crippen LogP contribution is -2.47. The van der Waals surface area contributed by atoms with Crippen molar-refractivity contribution < 1.29 is 14.3 Å². The highest BCUT2D eigenvalue weighted by atomic mass is 16.5. The maximum atomic E-state index is 12.4. The average molecular weight is 291 g/mol. The van der Waals surface area contributed by atoms with Gasteiger partial charge in [0.1, 0.15) is 5.69 Å². The number of carbonyl (C=O) groups is 2. The number of esters is 1. The van der Waals surface area contributed by atoms with Gasteiger partial charge >= 0.3 is 5.97 Å². The molecule has 0 saturated heterocycles. The van der Waals surface area contributed by atoms with Gasteiger partial charge in [0.05, 0.1) is 13.0 Å². The minimum Gasteiger partial charge on any atom is -0.469 e. The van der Waals surface area contributed by atoms with Gasteiger partial charge in [-0.2, -0.15) is 5.10 Å². The van der Waals surface area contributed by atoms with Crippen molar-refractivity contribution in [3.63, 3.8) is 0 Å². The van der Waals surface area contributed by atoms with Crippen LogP contribution in [0.1, 0.15) is 35.4 Å². The lowest BCUT2D eigenvalue weighted by molar-refractivity contribution is -0.148. The molecule has 4 unspecified atom stereocenters. The summed E-state index contributed by atoms with van der Waals surface area (Å²) in [5.41, 5.74) is 1.33. The minimum absolute atomic E-state index is 0.119. The Kier molecular flexibility index (Phi) is 3.47. The summed E-state index contributed by atoms with van der Waals surface area (Å²) in [6.45, 7) is 1.90. The Balaban J connectivity index is 1.76. The first kappa shape index (κ1) is 14.1. The molecule has 1 N–H and O–H groups in total. The van der Waals surface area contributed by atoms with Gasteiger partial charge in [0, 0.05) is 18.8 Å². The van der Waals surface area contributed by atoms with Gasteiger partial charge in [0.25, 0.3) is 5.91 Å². The van der Waals surface area contributed by atoms with Crippen molar-refractivity contribution in [2.45, 2.75) is 32.2 Å². The van der Waals surface area contributed by atoms with E-state index in [0.29, 0.717) is 17.5 Å². The number of hydrogen-bond acceptors (Lipinski definition) is 4. The van der Waals surface area contributed by atoms with Crippen LogP contribution in [0.25, 0.3) is 0 Å². The molecule has 2 aliphatic rings. The van der Waals surface area contributed by atoms with E-state index in [2.05, 4.69) is 10.4 Å². The number of methoxy groups -OCH3 is 1. The Morgan fingerprint density at radius 3 is 2.71 bits per heavy atom. The normalized spacial score (nSPS) is 30.4. The summed E-state index contributed by atoms with van der Waals surface area (Å²) in [6.07, 6.45) is 3.13. The molecule has 3 rings (SSSR count). The van der Waals surface area contributed by atoms with Gasteiger partial charge in [-0.25, -0.2) is 0 Å². The number of fused-ring (bicyclic) bond motifs is 2. The number of rotatable bonds is 3.